The van der Waals surface area contributed by atoms with Crippen LogP contribution < -0.4 is 10.1 Å². The second kappa shape index (κ2) is 8.72. The minimum Gasteiger partial charge on any atom is -0.482 e. The Morgan fingerprint density at radius 2 is 1.58 bits per heavy atom. The largest absolute Gasteiger partial charge is 0.482 e. The van der Waals surface area contributed by atoms with Crippen LogP contribution in [0.4, 0.5) is 5.69 Å². The highest BCUT2D eigenvalue weighted by atomic mass is 35.5. The third-order valence-corrected chi connectivity index (χ3v) is 3.82. The number of carbonyl (C=O) groups is 2. The van der Waals surface area contributed by atoms with E-state index in [1.54, 1.807) is 36.4 Å². The van der Waals surface area contributed by atoms with Gasteiger partial charge < -0.3 is 14.8 Å². The van der Waals surface area contributed by atoms with Gasteiger partial charge in [-0.3, -0.25) is 4.79 Å². The lowest BCUT2D eigenvalue weighted by Gasteiger charge is -2.19. The SMILES string of the molecule is CC(C)(C)c1ccc(OCC(=O)OCC(=O)Nc2ccc(Cl)cc2)cc1. The zero-order valence-electron chi connectivity index (χ0n) is 15.0. The van der Waals surface area contributed by atoms with E-state index < -0.39 is 11.9 Å². The van der Waals surface area contributed by atoms with Crippen molar-refractivity contribution in [2.75, 3.05) is 18.5 Å². The van der Waals surface area contributed by atoms with Crippen LogP contribution in [0, 0.1) is 0 Å². The maximum atomic E-state index is 11.7. The molecule has 0 saturated carbocycles. The van der Waals surface area contributed by atoms with Gasteiger partial charge in [-0.2, -0.15) is 0 Å². The van der Waals surface area contributed by atoms with Crippen LogP contribution in [-0.4, -0.2) is 25.1 Å². The van der Waals surface area contributed by atoms with E-state index in [4.69, 9.17) is 21.1 Å². The van der Waals surface area contributed by atoms with Gasteiger partial charge in [0, 0.05) is 10.7 Å². The molecule has 0 atom stereocenters. The Morgan fingerprint density at radius 3 is 2.15 bits per heavy atom. The van der Waals surface area contributed by atoms with Crippen molar-refractivity contribution in [3.05, 3.63) is 59.1 Å². The van der Waals surface area contributed by atoms with Gasteiger partial charge in [0.15, 0.2) is 13.2 Å². The maximum absolute atomic E-state index is 11.7. The molecule has 2 aromatic carbocycles. The predicted octanol–water partition coefficient (Wildman–Crippen LogP) is 4.20. The monoisotopic (exact) mass is 375 g/mol. The molecule has 5 nitrogen and oxygen atoms in total. The molecule has 0 fully saturated rings. The van der Waals surface area contributed by atoms with E-state index in [0.29, 0.717) is 16.5 Å². The summed E-state index contributed by atoms with van der Waals surface area (Å²) >= 11 is 5.77. The molecule has 138 valence electrons. The number of hydrogen-bond acceptors (Lipinski definition) is 4. The molecule has 1 N–H and O–H groups in total. The first kappa shape index (κ1) is 19.8. The van der Waals surface area contributed by atoms with E-state index in [1.165, 1.54) is 5.56 Å². The summed E-state index contributed by atoms with van der Waals surface area (Å²) in [5.74, 6) is -0.480. The first-order valence-electron chi connectivity index (χ1n) is 8.18. The van der Waals surface area contributed by atoms with Gasteiger partial charge in [-0.15, -0.1) is 0 Å². The van der Waals surface area contributed by atoms with Crippen LogP contribution in [0.15, 0.2) is 48.5 Å². The smallest absolute Gasteiger partial charge is 0.344 e. The molecule has 0 spiro atoms. The number of benzene rings is 2. The summed E-state index contributed by atoms with van der Waals surface area (Å²) in [5.41, 5.74) is 1.80. The van der Waals surface area contributed by atoms with Gasteiger partial charge in [-0.05, 0) is 47.4 Å². The predicted molar refractivity (Wildman–Crippen MR) is 102 cm³/mol. The number of anilines is 1. The maximum Gasteiger partial charge on any atom is 0.344 e. The van der Waals surface area contributed by atoms with Gasteiger partial charge in [0.25, 0.3) is 5.91 Å². The van der Waals surface area contributed by atoms with Crippen molar-refractivity contribution in [1.82, 2.24) is 0 Å². The molecule has 0 radical (unpaired) electrons. The molecule has 2 rings (SSSR count). The highest BCUT2D eigenvalue weighted by molar-refractivity contribution is 6.30. The summed E-state index contributed by atoms with van der Waals surface area (Å²) < 4.78 is 10.3. The average Bonchev–Trinajstić information content (AvgIpc) is 2.60. The molecule has 0 aromatic heterocycles. The molecule has 0 bridgehead atoms. The molecular formula is C20H22ClNO4. The minimum atomic E-state index is -0.615. The summed E-state index contributed by atoms with van der Waals surface area (Å²) in [5, 5.41) is 3.17. The fourth-order valence-corrected chi connectivity index (χ4v) is 2.24. The normalized spacial score (nSPS) is 10.9. The van der Waals surface area contributed by atoms with Gasteiger partial charge in [0.2, 0.25) is 0 Å². The van der Waals surface area contributed by atoms with E-state index in [0.717, 1.165) is 0 Å². The lowest BCUT2D eigenvalue weighted by Crippen LogP contribution is -2.23. The molecule has 0 aliphatic rings. The fourth-order valence-electron chi connectivity index (χ4n) is 2.11. The lowest BCUT2D eigenvalue weighted by molar-refractivity contribution is -0.149. The number of nitrogens with one attached hydrogen (secondary N) is 1. The molecule has 0 aliphatic carbocycles. The van der Waals surface area contributed by atoms with E-state index in [1.807, 2.05) is 12.1 Å². The van der Waals surface area contributed by atoms with Crippen molar-refractivity contribution >= 4 is 29.2 Å². The lowest BCUT2D eigenvalue weighted by atomic mass is 9.87. The molecule has 6 heteroatoms. The molecule has 26 heavy (non-hydrogen) atoms. The molecule has 1 amide bonds. The van der Waals surface area contributed by atoms with Gasteiger partial charge in [-0.1, -0.05) is 44.5 Å². The van der Waals surface area contributed by atoms with Crippen LogP contribution in [0.5, 0.6) is 5.75 Å². The fraction of sp³-hybridized carbons (Fsp3) is 0.300. The van der Waals surface area contributed by atoms with Crippen molar-refractivity contribution < 1.29 is 19.1 Å². The second-order valence-corrected chi connectivity index (χ2v) is 7.22. The van der Waals surface area contributed by atoms with Crippen LogP contribution in [-0.2, 0) is 19.7 Å². The molecule has 0 heterocycles. The third-order valence-electron chi connectivity index (χ3n) is 3.57. The van der Waals surface area contributed by atoms with E-state index >= 15 is 0 Å². The van der Waals surface area contributed by atoms with Gasteiger partial charge in [0.05, 0.1) is 0 Å². The minimum absolute atomic E-state index is 0.0505. The van der Waals surface area contributed by atoms with E-state index in [9.17, 15) is 9.59 Å². The number of amides is 1. The van der Waals surface area contributed by atoms with Crippen LogP contribution in [0.1, 0.15) is 26.3 Å². The standard InChI is InChI=1S/C20H22ClNO4/c1-20(2,3)14-4-10-17(11-5-14)25-13-19(24)26-12-18(23)22-16-8-6-15(21)7-9-16/h4-11H,12-13H2,1-3H3,(H,22,23). The number of hydrogen-bond donors (Lipinski definition) is 1. The van der Waals surface area contributed by atoms with Crippen molar-refractivity contribution in [2.24, 2.45) is 0 Å². The first-order chi connectivity index (χ1) is 12.2. The van der Waals surface area contributed by atoms with Crippen LogP contribution in [0.2, 0.25) is 5.02 Å². The molecular weight excluding hydrogens is 354 g/mol. The number of carbonyl (C=O) groups excluding carboxylic acids is 2. The van der Waals surface area contributed by atoms with Crippen molar-refractivity contribution in [2.45, 2.75) is 26.2 Å². The number of halogens is 1. The van der Waals surface area contributed by atoms with Gasteiger partial charge in [-0.25, -0.2) is 4.79 Å². The summed E-state index contributed by atoms with van der Waals surface area (Å²) in [6.07, 6.45) is 0. The molecule has 0 saturated heterocycles. The quantitative estimate of drug-likeness (QED) is 0.768. The van der Waals surface area contributed by atoms with Gasteiger partial charge >= 0.3 is 5.97 Å². The van der Waals surface area contributed by atoms with E-state index in [-0.39, 0.29) is 18.6 Å². The Hall–Kier alpha value is -2.53. The Bertz CT molecular complexity index is 749. The summed E-state index contributed by atoms with van der Waals surface area (Å²) in [7, 11) is 0. The Kier molecular flexibility index (Phi) is 6.64. The summed E-state index contributed by atoms with van der Waals surface area (Å²) in [4.78, 5) is 23.4. The van der Waals surface area contributed by atoms with Crippen molar-refractivity contribution in [3.8, 4) is 5.75 Å². The van der Waals surface area contributed by atoms with Gasteiger partial charge in [0.1, 0.15) is 5.75 Å². The first-order valence-corrected chi connectivity index (χ1v) is 8.56. The highest BCUT2D eigenvalue weighted by Gasteiger charge is 2.13. The number of esters is 1. The van der Waals surface area contributed by atoms with E-state index in [2.05, 4.69) is 26.1 Å². The zero-order chi connectivity index (χ0) is 19.2. The third kappa shape index (κ3) is 6.41. The topological polar surface area (TPSA) is 64.6 Å². The summed E-state index contributed by atoms with van der Waals surface area (Å²) in [6, 6.07) is 14.2. The van der Waals surface area contributed by atoms with Crippen molar-refractivity contribution in [1.29, 1.82) is 0 Å². The zero-order valence-corrected chi connectivity index (χ0v) is 15.8. The molecule has 0 unspecified atom stereocenters. The Balaban J connectivity index is 1.73. The second-order valence-electron chi connectivity index (χ2n) is 6.78. The Morgan fingerprint density at radius 1 is 0.962 bits per heavy atom. The number of rotatable bonds is 6. The molecule has 2 aromatic rings. The average molecular weight is 376 g/mol. The number of ether oxygens (including phenoxy) is 2. The summed E-state index contributed by atoms with van der Waals surface area (Å²) in [6.45, 7) is 5.72. The van der Waals surface area contributed by atoms with Crippen molar-refractivity contribution in [3.63, 3.8) is 0 Å². The highest BCUT2D eigenvalue weighted by Crippen LogP contribution is 2.24. The van der Waals surface area contributed by atoms with Crippen LogP contribution in [0.25, 0.3) is 0 Å². The van der Waals surface area contributed by atoms with Crippen LogP contribution >= 0.6 is 11.6 Å². The molecule has 0 aliphatic heterocycles. The Labute approximate surface area is 158 Å². The van der Waals surface area contributed by atoms with Crippen LogP contribution in [0.3, 0.4) is 0 Å².